The lowest BCUT2D eigenvalue weighted by Gasteiger charge is -2.07. The summed E-state index contributed by atoms with van der Waals surface area (Å²) in [4.78, 5) is 22.8. The molecule has 3 N–H and O–H groups in total. The van der Waals surface area contributed by atoms with E-state index in [2.05, 4.69) is 5.32 Å². The van der Waals surface area contributed by atoms with Crippen molar-refractivity contribution in [2.24, 2.45) is 5.73 Å². The Morgan fingerprint density at radius 1 is 1.05 bits per heavy atom. The van der Waals surface area contributed by atoms with Crippen molar-refractivity contribution in [2.75, 3.05) is 5.32 Å². The van der Waals surface area contributed by atoms with Gasteiger partial charge in [-0.2, -0.15) is 0 Å². The summed E-state index contributed by atoms with van der Waals surface area (Å²) in [6.45, 7) is 0. The molecule has 5 heteroatoms. The van der Waals surface area contributed by atoms with Crippen molar-refractivity contribution in [3.8, 4) is 0 Å². The summed E-state index contributed by atoms with van der Waals surface area (Å²) in [5.74, 6) is -0.677. The number of carbonyl (C=O) groups is 2. The molecule has 0 aliphatic carbocycles. The topological polar surface area (TPSA) is 72.2 Å². The zero-order valence-electron chi connectivity index (χ0n) is 10.6. The number of hydrogen-bond donors (Lipinski definition) is 2. The fourth-order valence-electron chi connectivity index (χ4n) is 1.74. The summed E-state index contributed by atoms with van der Waals surface area (Å²) in [7, 11) is 0. The van der Waals surface area contributed by atoms with Gasteiger partial charge in [0.1, 0.15) is 0 Å². The van der Waals surface area contributed by atoms with Crippen LogP contribution < -0.4 is 11.1 Å². The molecular weight excluding hydrogens is 276 g/mol. The van der Waals surface area contributed by atoms with Gasteiger partial charge < -0.3 is 11.1 Å². The minimum absolute atomic E-state index is 0.176. The predicted octanol–water partition coefficient (Wildman–Crippen LogP) is 2.62. The van der Waals surface area contributed by atoms with Crippen LogP contribution in [-0.4, -0.2) is 11.8 Å². The number of amides is 2. The lowest BCUT2D eigenvalue weighted by molar-refractivity contribution is -0.115. The lowest BCUT2D eigenvalue weighted by atomic mass is 10.1. The maximum atomic E-state index is 11.9. The quantitative estimate of drug-likeness (QED) is 0.908. The number of nitrogens with two attached hydrogens (primary N) is 1. The Bertz CT molecular complexity index is 639. The summed E-state index contributed by atoms with van der Waals surface area (Å²) in [5.41, 5.74) is 6.91. The highest BCUT2D eigenvalue weighted by molar-refractivity contribution is 6.31. The smallest absolute Gasteiger partial charge is 0.248 e. The zero-order valence-corrected chi connectivity index (χ0v) is 11.4. The highest BCUT2D eigenvalue weighted by atomic mass is 35.5. The molecule has 0 atom stereocenters. The molecule has 4 nitrogen and oxygen atoms in total. The Labute approximate surface area is 121 Å². The van der Waals surface area contributed by atoms with Crippen LogP contribution in [0.4, 0.5) is 5.69 Å². The van der Waals surface area contributed by atoms with Gasteiger partial charge >= 0.3 is 0 Å². The fourth-order valence-corrected chi connectivity index (χ4v) is 1.94. The van der Waals surface area contributed by atoms with Gasteiger partial charge in [-0.1, -0.05) is 29.8 Å². The third kappa shape index (κ3) is 3.59. The number of benzene rings is 2. The third-order valence-corrected chi connectivity index (χ3v) is 3.13. The molecule has 2 rings (SSSR count). The van der Waals surface area contributed by atoms with Crippen LogP contribution in [0.5, 0.6) is 0 Å². The fraction of sp³-hybridized carbons (Fsp3) is 0.0667. The Morgan fingerprint density at radius 3 is 2.30 bits per heavy atom. The Hall–Kier alpha value is -2.33. The van der Waals surface area contributed by atoms with Crippen LogP contribution in [0.1, 0.15) is 15.9 Å². The van der Waals surface area contributed by atoms with Gasteiger partial charge in [0.15, 0.2) is 0 Å². The molecule has 0 aromatic heterocycles. The first kappa shape index (κ1) is 14.1. The first-order chi connectivity index (χ1) is 9.56. The molecule has 0 fully saturated rings. The largest absolute Gasteiger partial charge is 0.366 e. The van der Waals surface area contributed by atoms with Crippen LogP contribution in [0, 0.1) is 0 Å². The molecular formula is C15H13ClN2O2. The van der Waals surface area contributed by atoms with Crippen molar-refractivity contribution in [2.45, 2.75) is 6.42 Å². The van der Waals surface area contributed by atoms with Crippen LogP contribution in [0.3, 0.4) is 0 Å². The first-order valence-corrected chi connectivity index (χ1v) is 6.37. The van der Waals surface area contributed by atoms with Crippen LogP contribution in [-0.2, 0) is 11.2 Å². The molecule has 0 unspecified atom stereocenters. The second-order valence-corrected chi connectivity index (χ2v) is 4.67. The summed E-state index contributed by atoms with van der Waals surface area (Å²) in [6.07, 6.45) is 0.192. The number of nitrogens with one attached hydrogen (secondary N) is 1. The Kier molecular flexibility index (Phi) is 4.38. The second-order valence-electron chi connectivity index (χ2n) is 4.26. The Morgan fingerprint density at radius 2 is 1.70 bits per heavy atom. The number of anilines is 1. The maximum absolute atomic E-state index is 11.9. The molecule has 0 saturated heterocycles. The van der Waals surface area contributed by atoms with Crippen molar-refractivity contribution in [3.05, 3.63) is 64.7 Å². The number of halogens is 1. The number of rotatable bonds is 4. The van der Waals surface area contributed by atoms with Gasteiger partial charge in [0.25, 0.3) is 0 Å². The van der Waals surface area contributed by atoms with E-state index in [1.807, 2.05) is 12.1 Å². The molecule has 0 heterocycles. The molecule has 0 aliphatic heterocycles. The van der Waals surface area contributed by atoms with E-state index in [1.165, 1.54) is 0 Å². The lowest BCUT2D eigenvalue weighted by Crippen LogP contribution is -2.15. The van der Waals surface area contributed by atoms with Gasteiger partial charge in [-0.25, -0.2) is 0 Å². The van der Waals surface area contributed by atoms with Crippen LogP contribution in [0.2, 0.25) is 5.02 Å². The van der Waals surface area contributed by atoms with Crippen LogP contribution in [0.15, 0.2) is 48.5 Å². The van der Waals surface area contributed by atoms with Crippen molar-refractivity contribution in [3.63, 3.8) is 0 Å². The van der Waals surface area contributed by atoms with Crippen molar-refractivity contribution in [1.82, 2.24) is 0 Å². The SMILES string of the molecule is NC(=O)c1ccc(NC(=O)Cc2ccccc2Cl)cc1. The van der Waals surface area contributed by atoms with E-state index in [-0.39, 0.29) is 12.3 Å². The summed E-state index contributed by atoms with van der Waals surface area (Å²) < 4.78 is 0. The highest BCUT2D eigenvalue weighted by Crippen LogP contribution is 2.16. The van der Waals surface area contributed by atoms with Crippen molar-refractivity contribution in [1.29, 1.82) is 0 Å². The standard InChI is InChI=1S/C15H13ClN2O2/c16-13-4-2-1-3-11(13)9-14(19)18-12-7-5-10(6-8-12)15(17)20/h1-8H,9H2,(H2,17,20)(H,18,19). The van der Waals surface area contributed by atoms with Gasteiger partial charge in [0, 0.05) is 16.3 Å². The van der Waals surface area contributed by atoms with E-state index in [1.54, 1.807) is 36.4 Å². The molecule has 0 spiro atoms. The van der Waals surface area contributed by atoms with E-state index in [9.17, 15) is 9.59 Å². The molecule has 2 aromatic carbocycles. The molecule has 0 aliphatic rings. The molecule has 20 heavy (non-hydrogen) atoms. The van der Waals surface area contributed by atoms with E-state index in [0.29, 0.717) is 16.3 Å². The Balaban J connectivity index is 2.01. The number of primary amides is 1. The van der Waals surface area contributed by atoms with Crippen molar-refractivity contribution >= 4 is 29.1 Å². The van der Waals surface area contributed by atoms with Gasteiger partial charge in [-0.3, -0.25) is 9.59 Å². The average molecular weight is 289 g/mol. The maximum Gasteiger partial charge on any atom is 0.248 e. The summed E-state index contributed by atoms with van der Waals surface area (Å²) in [5, 5.41) is 3.30. The van der Waals surface area contributed by atoms with Crippen LogP contribution >= 0.6 is 11.6 Å². The zero-order chi connectivity index (χ0) is 14.5. The van der Waals surface area contributed by atoms with E-state index in [0.717, 1.165) is 5.56 Å². The van der Waals surface area contributed by atoms with Crippen LogP contribution in [0.25, 0.3) is 0 Å². The van der Waals surface area contributed by atoms with E-state index >= 15 is 0 Å². The normalized spacial score (nSPS) is 10.1. The van der Waals surface area contributed by atoms with Crippen molar-refractivity contribution < 1.29 is 9.59 Å². The second kappa shape index (κ2) is 6.21. The minimum Gasteiger partial charge on any atom is -0.366 e. The summed E-state index contributed by atoms with van der Waals surface area (Å²) >= 11 is 6.00. The van der Waals surface area contributed by atoms with E-state index in [4.69, 9.17) is 17.3 Å². The average Bonchev–Trinajstić information content (AvgIpc) is 2.42. The van der Waals surface area contributed by atoms with Gasteiger partial charge in [-0.15, -0.1) is 0 Å². The first-order valence-electron chi connectivity index (χ1n) is 5.99. The van der Waals surface area contributed by atoms with Gasteiger partial charge in [0.05, 0.1) is 6.42 Å². The molecule has 2 aromatic rings. The molecule has 102 valence electrons. The molecule has 0 bridgehead atoms. The van der Waals surface area contributed by atoms with Gasteiger partial charge in [0.2, 0.25) is 11.8 Å². The molecule has 2 amide bonds. The monoisotopic (exact) mass is 288 g/mol. The molecule has 0 radical (unpaired) electrons. The van der Waals surface area contributed by atoms with E-state index < -0.39 is 5.91 Å². The summed E-state index contributed by atoms with van der Waals surface area (Å²) in [6, 6.07) is 13.6. The number of hydrogen-bond acceptors (Lipinski definition) is 2. The third-order valence-electron chi connectivity index (χ3n) is 2.76. The number of carbonyl (C=O) groups excluding carboxylic acids is 2. The molecule has 0 saturated carbocycles. The predicted molar refractivity (Wildman–Crippen MR) is 78.7 cm³/mol. The highest BCUT2D eigenvalue weighted by Gasteiger charge is 2.07. The minimum atomic E-state index is -0.501. The van der Waals surface area contributed by atoms with Gasteiger partial charge in [-0.05, 0) is 35.9 Å².